The summed E-state index contributed by atoms with van der Waals surface area (Å²) < 4.78 is 0. The number of anilines is 1. The summed E-state index contributed by atoms with van der Waals surface area (Å²) in [7, 11) is 0. The Morgan fingerprint density at radius 1 is 1.35 bits per heavy atom. The van der Waals surface area contributed by atoms with Crippen molar-refractivity contribution in [2.75, 3.05) is 18.0 Å². The molecule has 1 aliphatic rings. The van der Waals surface area contributed by atoms with E-state index in [1.54, 1.807) is 12.4 Å². The minimum absolute atomic E-state index is 0.274. The van der Waals surface area contributed by atoms with Gasteiger partial charge < -0.3 is 10.6 Å². The summed E-state index contributed by atoms with van der Waals surface area (Å²) >= 11 is 0. The van der Waals surface area contributed by atoms with Gasteiger partial charge in [0.2, 0.25) is 0 Å². The van der Waals surface area contributed by atoms with Crippen molar-refractivity contribution in [1.29, 1.82) is 0 Å². The highest BCUT2D eigenvalue weighted by molar-refractivity contribution is 5.62. The van der Waals surface area contributed by atoms with E-state index in [1.165, 1.54) is 0 Å². The van der Waals surface area contributed by atoms with Crippen LogP contribution < -0.4 is 10.6 Å². The van der Waals surface area contributed by atoms with Crippen LogP contribution in [0, 0.1) is 0 Å². The first-order chi connectivity index (χ1) is 8.33. The van der Waals surface area contributed by atoms with E-state index in [2.05, 4.69) is 26.1 Å². The van der Waals surface area contributed by atoms with Crippen molar-refractivity contribution < 1.29 is 0 Å². The lowest BCUT2D eigenvalue weighted by atomic mass is 10.2. The molecule has 88 valence electrons. The Morgan fingerprint density at radius 3 is 2.88 bits per heavy atom. The first-order valence-corrected chi connectivity index (χ1v) is 5.79. The van der Waals surface area contributed by atoms with Crippen LogP contribution in [-0.2, 0) is 0 Å². The average Bonchev–Trinajstić information content (AvgIpc) is 2.98. The first-order valence-electron chi connectivity index (χ1n) is 5.79. The number of hydrogen-bond donors (Lipinski definition) is 2. The van der Waals surface area contributed by atoms with Gasteiger partial charge in [-0.3, -0.25) is 10.1 Å². The van der Waals surface area contributed by atoms with Crippen molar-refractivity contribution in [2.24, 2.45) is 5.73 Å². The maximum atomic E-state index is 5.89. The molecule has 5 nitrogen and oxygen atoms in total. The number of nitrogens with two attached hydrogens (primary N) is 1. The predicted octanol–water partition coefficient (Wildman–Crippen LogP) is 1.01. The molecule has 0 aromatic carbocycles. The van der Waals surface area contributed by atoms with Gasteiger partial charge in [0.05, 0.1) is 5.69 Å². The second kappa shape index (κ2) is 4.18. The highest BCUT2D eigenvalue weighted by Gasteiger charge is 2.21. The Morgan fingerprint density at radius 2 is 2.18 bits per heavy atom. The fourth-order valence-corrected chi connectivity index (χ4v) is 2.15. The number of pyridine rings is 1. The zero-order valence-corrected chi connectivity index (χ0v) is 9.50. The van der Waals surface area contributed by atoms with Crippen LogP contribution in [0.1, 0.15) is 6.42 Å². The van der Waals surface area contributed by atoms with E-state index in [1.807, 2.05) is 12.1 Å². The number of hydrogen-bond acceptors (Lipinski definition) is 4. The van der Waals surface area contributed by atoms with Crippen molar-refractivity contribution in [3.63, 3.8) is 0 Å². The van der Waals surface area contributed by atoms with Gasteiger partial charge >= 0.3 is 0 Å². The van der Waals surface area contributed by atoms with Gasteiger partial charge in [0, 0.05) is 43.2 Å². The lowest BCUT2D eigenvalue weighted by Gasteiger charge is -2.13. The zero-order chi connectivity index (χ0) is 11.7. The number of nitrogens with one attached hydrogen (secondary N) is 1. The molecule has 5 heteroatoms. The zero-order valence-electron chi connectivity index (χ0n) is 9.50. The smallest absolute Gasteiger partial charge is 0.151 e. The number of H-pyrrole nitrogens is 1. The van der Waals surface area contributed by atoms with Gasteiger partial charge in [-0.2, -0.15) is 5.10 Å². The molecule has 1 aliphatic heterocycles. The molecule has 1 saturated heterocycles. The molecule has 3 N–H and O–H groups in total. The molecule has 17 heavy (non-hydrogen) atoms. The second-order valence-electron chi connectivity index (χ2n) is 4.37. The van der Waals surface area contributed by atoms with E-state index < -0.39 is 0 Å². The van der Waals surface area contributed by atoms with E-state index in [0.29, 0.717) is 0 Å². The Hall–Kier alpha value is -1.88. The Bertz CT molecular complexity index is 493. The molecule has 0 unspecified atom stereocenters. The molecular formula is C12H15N5. The van der Waals surface area contributed by atoms with Gasteiger partial charge in [-0.1, -0.05) is 0 Å². The monoisotopic (exact) mass is 229 g/mol. The topological polar surface area (TPSA) is 70.8 Å². The van der Waals surface area contributed by atoms with Crippen LogP contribution in [-0.4, -0.2) is 34.3 Å². The van der Waals surface area contributed by atoms with Crippen LogP contribution in [0.25, 0.3) is 11.3 Å². The molecule has 0 saturated carbocycles. The summed E-state index contributed by atoms with van der Waals surface area (Å²) in [5, 5.41) is 7.39. The van der Waals surface area contributed by atoms with Gasteiger partial charge in [0.1, 0.15) is 0 Å². The molecule has 0 aliphatic carbocycles. The summed E-state index contributed by atoms with van der Waals surface area (Å²) in [6.45, 7) is 1.88. The fraction of sp³-hybridized carbons (Fsp3) is 0.333. The predicted molar refractivity (Wildman–Crippen MR) is 66.6 cm³/mol. The van der Waals surface area contributed by atoms with Crippen LogP contribution in [0.5, 0.6) is 0 Å². The molecule has 1 atom stereocenters. The van der Waals surface area contributed by atoms with E-state index in [4.69, 9.17) is 5.73 Å². The third kappa shape index (κ3) is 2.01. The normalized spacial score (nSPS) is 19.8. The number of nitrogens with zero attached hydrogens (tertiary/aromatic N) is 3. The van der Waals surface area contributed by atoms with E-state index in [9.17, 15) is 0 Å². The van der Waals surface area contributed by atoms with Crippen molar-refractivity contribution in [2.45, 2.75) is 12.5 Å². The number of aromatic amines is 1. The van der Waals surface area contributed by atoms with Gasteiger partial charge in [-0.15, -0.1) is 0 Å². The maximum Gasteiger partial charge on any atom is 0.151 e. The molecule has 0 radical (unpaired) electrons. The van der Waals surface area contributed by atoms with Crippen molar-refractivity contribution in [1.82, 2.24) is 15.2 Å². The summed E-state index contributed by atoms with van der Waals surface area (Å²) in [5.41, 5.74) is 8.01. The minimum atomic E-state index is 0.274. The van der Waals surface area contributed by atoms with Gasteiger partial charge in [0.15, 0.2) is 5.82 Å². The Balaban J connectivity index is 1.84. The van der Waals surface area contributed by atoms with Crippen LogP contribution >= 0.6 is 0 Å². The Labute approximate surface area is 99.7 Å². The van der Waals surface area contributed by atoms with Crippen LogP contribution in [0.2, 0.25) is 0 Å². The third-order valence-corrected chi connectivity index (χ3v) is 3.10. The molecule has 0 amide bonds. The highest BCUT2D eigenvalue weighted by Crippen LogP contribution is 2.23. The molecule has 0 bridgehead atoms. The van der Waals surface area contributed by atoms with Crippen molar-refractivity contribution in [3.05, 3.63) is 30.6 Å². The van der Waals surface area contributed by atoms with Crippen LogP contribution in [0.3, 0.4) is 0 Å². The van der Waals surface area contributed by atoms with Gasteiger partial charge in [0.25, 0.3) is 0 Å². The summed E-state index contributed by atoms with van der Waals surface area (Å²) in [6, 6.07) is 6.27. The summed E-state index contributed by atoms with van der Waals surface area (Å²) in [4.78, 5) is 6.22. The summed E-state index contributed by atoms with van der Waals surface area (Å²) in [5.74, 6) is 0.977. The van der Waals surface area contributed by atoms with Crippen molar-refractivity contribution >= 4 is 5.82 Å². The average molecular weight is 229 g/mol. The molecule has 3 heterocycles. The maximum absolute atomic E-state index is 5.89. The number of rotatable bonds is 2. The Kier molecular flexibility index (Phi) is 2.53. The van der Waals surface area contributed by atoms with Crippen molar-refractivity contribution in [3.8, 4) is 11.3 Å². The molecule has 2 aromatic rings. The van der Waals surface area contributed by atoms with E-state index in [0.717, 1.165) is 36.6 Å². The SMILES string of the molecule is N[C@H]1CCN(c2cc(-c3ccncc3)[nH]n2)C1. The van der Waals surface area contributed by atoms with E-state index in [-0.39, 0.29) is 6.04 Å². The molecular weight excluding hydrogens is 214 g/mol. The molecule has 2 aromatic heterocycles. The third-order valence-electron chi connectivity index (χ3n) is 3.10. The van der Waals surface area contributed by atoms with Crippen LogP contribution in [0.4, 0.5) is 5.82 Å². The first kappa shape index (κ1) is 10.3. The molecule has 3 rings (SSSR count). The van der Waals surface area contributed by atoms with Gasteiger partial charge in [-0.05, 0) is 18.6 Å². The highest BCUT2D eigenvalue weighted by atomic mass is 15.3. The van der Waals surface area contributed by atoms with Crippen LogP contribution in [0.15, 0.2) is 30.6 Å². The van der Waals surface area contributed by atoms with E-state index >= 15 is 0 Å². The quantitative estimate of drug-likeness (QED) is 0.806. The number of aromatic nitrogens is 3. The minimum Gasteiger partial charge on any atom is -0.354 e. The lowest BCUT2D eigenvalue weighted by Crippen LogP contribution is -2.26. The largest absolute Gasteiger partial charge is 0.354 e. The van der Waals surface area contributed by atoms with Gasteiger partial charge in [-0.25, -0.2) is 0 Å². The lowest BCUT2D eigenvalue weighted by molar-refractivity contribution is 0.751. The fourth-order valence-electron chi connectivity index (χ4n) is 2.15. The molecule has 1 fully saturated rings. The summed E-state index contributed by atoms with van der Waals surface area (Å²) in [6.07, 6.45) is 4.60. The standard InChI is InChI=1S/C12H15N5/c13-10-3-6-17(8-10)12-7-11(15-16-12)9-1-4-14-5-2-9/h1-2,4-5,7,10H,3,6,8,13H2,(H,15,16)/t10-/m0/s1. The second-order valence-corrected chi connectivity index (χ2v) is 4.37. The molecule has 0 spiro atoms.